The number of sulfonamides is 1. The molecule has 7 nitrogen and oxygen atoms in total. The number of rotatable bonds is 14. The zero-order valence-electron chi connectivity index (χ0n) is 25.3. The maximum atomic E-state index is 14.5. The molecule has 0 aliphatic heterocycles. The first-order valence-corrected chi connectivity index (χ1v) is 17.0. The molecule has 236 valence electrons. The molecule has 0 radical (unpaired) electrons. The number of unbranched alkanes of at least 4 members (excludes halogenated alkanes) is 1. The van der Waals surface area contributed by atoms with Gasteiger partial charge in [-0.05, 0) is 54.3 Å². The molecule has 0 spiro atoms. The number of anilines is 1. The molecule has 1 unspecified atom stereocenters. The summed E-state index contributed by atoms with van der Waals surface area (Å²) in [6.07, 6.45) is 1.91. The Morgan fingerprint density at radius 2 is 1.49 bits per heavy atom. The first kappa shape index (κ1) is 34.0. The molecular weight excluding hydrogens is 629 g/mol. The van der Waals surface area contributed by atoms with Crippen molar-refractivity contribution in [2.45, 2.75) is 50.6 Å². The molecule has 4 aromatic carbocycles. The normalized spacial score (nSPS) is 11.9. The topological polar surface area (TPSA) is 86.8 Å². The fourth-order valence-corrected chi connectivity index (χ4v) is 6.84. The smallest absolute Gasteiger partial charge is 0.264 e. The van der Waals surface area contributed by atoms with Crippen LogP contribution in [0.3, 0.4) is 0 Å². The molecule has 0 fully saturated rings. The third-order valence-corrected chi connectivity index (χ3v) is 10.1. The molecule has 10 heteroatoms. The fourth-order valence-electron chi connectivity index (χ4n) is 4.95. The van der Waals surface area contributed by atoms with Gasteiger partial charge in [0.25, 0.3) is 10.0 Å². The van der Waals surface area contributed by atoms with Gasteiger partial charge in [-0.25, -0.2) is 8.42 Å². The monoisotopic (exact) mass is 665 g/mol. The van der Waals surface area contributed by atoms with Gasteiger partial charge in [0.15, 0.2) is 0 Å². The molecule has 1 N–H and O–H groups in total. The van der Waals surface area contributed by atoms with Gasteiger partial charge in [0.05, 0.1) is 20.6 Å². The van der Waals surface area contributed by atoms with E-state index in [1.807, 2.05) is 68.4 Å². The Kier molecular flexibility index (Phi) is 12.0. The lowest BCUT2D eigenvalue weighted by atomic mass is 10.0. The van der Waals surface area contributed by atoms with Crippen molar-refractivity contribution in [3.8, 4) is 0 Å². The van der Waals surface area contributed by atoms with Crippen molar-refractivity contribution in [1.82, 2.24) is 10.2 Å². The maximum absolute atomic E-state index is 14.5. The van der Waals surface area contributed by atoms with Crippen LogP contribution in [0.15, 0.2) is 108 Å². The van der Waals surface area contributed by atoms with Crippen LogP contribution in [0.2, 0.25) is 10.0 Å². The lowest BCUT2D eigenvalue weighted by Crippen LogP contribution is -2.53. The lowest BCUT2D eigenvalue weighted by Gasteiger charge is -2.34. The van der Waals surface area contributed by atoms with E-state index in [4.69, 9.17) is 23.2 Å². The van der Waals surface area contributed by atoms with E-state index in [0.29, 0.717) is 6.54 Å². The summed E-state index contributed by atoms with van der Waals surface area (Å²) in [5, 5.41) is 3.13. The number of hydrogen-bond acceptors (Lipinski definition) is 4. The Morgan fingerprint density at radius 3 is 2.16 bits per heavy atom. The van der Waals surface area contributed by atoms with E-state index in [-0.39, 0.29) is 39.5 Å². The number of hydrogen-bond donors (Lipinski definition) is 1. The molecule has 1 atom stereocenters. The van der Waals surface area contributed by atoms with Gasteiger partial charge in [0.2, 0.25) is 11.8 Å². The molecule has 0 bridgehead atoms. The molecule has 0 aliphatic rings. The highest BCUT2D eigenvalue weighted by atomic mass is 35.5. The Hall–Kier alpha value is -3.85. The van der Waals surface area contributed by atoms with Crippen LogP contribution in [0.1, 0.15) is 36.5 Å². The van der Waals surface area contributed by atoms with E-state index in [9.17, 15) is 18.0 Å². The van der Waals surface area contributed by atoms with Crippen molar-refractivity contribution in [3.63, 3.8) is 0 Å². The summed E-state index contributed by atoms with van der Waals surface area (Å²) in [6, 6.07) is 28.6. The standard InChI is InChI=1S/C35H37Cl2N3O4S/c1-3-4-22-38-35(42)32(23-27-15-7-5-8-16-27)39(24-28-17-12-11-14-26(28)2)33(41)25-40(31-21-13-20-30(36)34(31)37)45(43,44)29-18-9-6-10-19-29/h5-21,32H,3-4,22-25H2,1-2H3,(H,38,42). The average Bonchev–Trinajstić information content (AvgIpc) is 3.04. The first-order chi connectivity index (χ1) is 21.6. The number of nitrogens with zero attached hydrogens (tertiary/aromatic N) is 2. The number of carbonyl (C=O) groups is 2. The van der Waals surface area contributed by atoms with Gasteiger partial charge in [-0.1, -0.05) is 115 Å². The number of benzene rings is 4. The molecular formula is C35H37Cl2N3O4S. The van der Waals surface area contributed by atoms with E-state index in [1.54, 1.807) is 30.3 Å². The van der Waals surface area contributed by atoms with Crippen molar-refractivity contribution in [1.29, 1.82) is 0 Å². The minimum Gasteiger partial charge on any atom is -0.354 e. The Morgan fingerprint density at radius 1 is 0.844 bits per heavy atom. The second-order valence-corrected chi connectivity index (χ2v) is 13.3. The van der Waals surface area contributed by atoms with E-state index >= 15 is 0 Å². The minimum atomic E-state index is -4.28. The second kappa shape index (κ2) is 15.9. The van der Waals surface area contributed by atoms with Crippen LogP contribution in [0.4, 0.5) is 5.69 Å². The average molecular weight is 667 g/mol. The van der Waals surface area contributed by atoms with Crippen LogP contribution in [-0.2, 0) is 32.6 Å². The zero-order chi connectivity index (χ0) is 32.4. The quantitative estimate of drug-likeness (QED) is 0.146. The third-order valence-electron chi connectivity index (χ3n) is 7.51. The largest absolute Gasteiger partial charge is 0.354 e. The van der Waals surface area contributed by atoms with E-state index in [1.165, 1.54) is 23.1 Å². The van der Waals surface area contributed by atoms with Gasteiger partial charge in [0.1, 0.15) is 12.6 Å². The van der Waals surface area contributed by atoms with Crippen LogP contribution < -0.4 is 9.62 Å². The molecule has 0 saturated carbocycles. The van der Waals surface area contributed by atoms with Crippen LogP contribution >= 0.6 is 23.2 Å². The number of amides is 2. The number of carbonyl (C=O) groups excluding carboxylic acids is 2. The molecule has 0 aliphatic carbocycles. The van der Waals surface area contributed by atoms with E-state index in [2.05, 4.69) is 5.32 Å². The predicted molar refractivity (Wildman–Crippen MR) is 181 cm³/mol. The molecule has 0 heterocycles. The van der Waals surface area contributed by atoms with Crippen molar-refractivity contribution < 1.29 is 18.0 Å². The van der Waals surface area contributed by atoms with Crippen molar-refractivity contribution >= 4 is 50.7 Å². The van der Waals surface area contributed by atoms with Gasteiger partial charge in [-0.3, -0.25) is 13.9 Å². The Balaban J connectivity index is 1.82. The molecule has 4 aromatic rings. The maximum Gasteiger partial charge on any atom is 0.264 e. The van der Waals surface area contributed by atoms with Crippen LogP contribution in [0.25, 0.3) is 0 Å². The van der Waals surface area contributed by atoms with Gasteiger partial charge < -0.3 is 10.2 Å². The molecule has 4 rings (SSSR count). The second-order valence-electron chi connectivity index (χ2n) is 10.7. The first-order valence-electron chi connectivity index (χ1n) is 14.8. The zero-order valence-corrected chi connectivity index (χ0v) is 27.7. The van der Waals surface area contributed by atoms with Crippen molar-refractivity contribution in [2.75, 3.05) is 17.4 Å². The molecule has 2 amide bonds. The molecule has 0 aromatic heterocycles. The van der Waals surface area contributed by atoms with Crippen LogP contribution in [0.5, 0.6) is 0 Å². The highest BCUT2D eigenvalue weighted by molar-refractivity contribution is 7.92. The van der Waals surface area contributed by atoms with E-state index in [0.717, 1.165) is 33.8 Å². The number of nitrogens with one attached hydrogen (secondary N) is 1. The minimum absolute atomic E-state index is 0.00456. The molecule has 45 heavy (non-hydrogen) atoms. The third kappa shape index (κ3) is 8.66. The number of aryl methyl sites for hydroxylation is 1. The molecule has 0 saturated heterocycles. The SMILES string of the molecule is CCCCNC(=O)C(Cc1ccccc1)N(Cc1ccccc1C)C(=O)CN(c1cccc(Cl)c1Cl)S(=O)(=O)c1ccccc1. The predicted octanol–water partition coefficient (Wildman–Crippen LogP) is 7.05. The summed E-state index contributed by atoms with van der Waals surface area (Å²) in [5.41, 5.74) is 2.70. The van der Waals surface area contributed by atoms with Crippen molar-refractivity contribution in [2.24, 2.45) is 0 Å². The highest BCUT2D eigenvalue weighted by Crippen LogP contribution is 2.35. The van der Waals surface area contributed by atoms with Gasteiger partial charge in [0, 0.05) is 19.5 Å². The van der Waals surface area contributed by atoms with Gasteiger partial charge >= 0.3 is 0 Å². The summed E-state index contributed by atoms with van der Waals surface area (Å²) in [5.74, 6) is -0.882. The van der Waals surface area contributed by atoms with E-state index < -0.39 is 28.5 Å². The van der Waals surface area contributed by atoms with Gasteiger partial charge in [-0.15, -0.1) is 0 Å². The Labute approximate surface area is 275 Å². The fraction of sp³-hybridized carbons (Fsp3) is 0.257. The summed E-state index contributed by atoms with van der Waals surface area (Å²) in [7, 11) is -4.28. The Bertz CT molecular complexity index is 1700. The van der Waals surface area contributed by atoms with Crippen LogP contribution in [-0.4, -0.2) is 44.3 Å². The summed E-state index contributed by atoms with van der Waals surface area (Å²) < 4.78 is 29.2. The van der Waals surface area contributed by atoms with Gasteiger partial charge in [-0.2, -0.15) is 0 Å². The highest BCUT2D eigenvalue weighted by Gasteiger charge is 2.35. The van der Waals surface area contributed by atoms with Crippen molar-refractivity contribution in [3.05, 3.63) is 130 Å². The summed E-state index contributed by atoms with van der Waals surface area (Å²) >= 11 is 12.9. The lowest BCUT2D eigenvalue weighted by molar-refractivity contribution is -0.140. The summed E-state index contributed by atoms with van der Waals surface area (Å²) in [6.45, 7) is 3.90. The van der Waals surface area contributed by atoms with Crippen LogP contribution in [0, 0.1) is 6.92 Å². The number of halogens is 2. The summed E-state index contributed by atoms with van der Waals surface area (Å²) in [4.78, 5) is 29.8.